The van der Waals surface area contributed by atoms with Crippen LogP contribution in [0.2, 0.25) is 0 Å². The van der Waals surface area contributed by atoms with Crippen LogP contribution in [0.4, 0.5) is 10.1 Å². The van der Waals surface area contributed by atoms with Crippen molar-refractivity contribution >= 4 is 23.4 Å². The summed E-state index contributed by atoms with van der Waals surface area (Å²) >= 11 is 1.29. The summed E-state index contributed by atoms with van der Waals surface area (Å²) in [6.07, 6.45) is 1.32. The van der Waals surface area contributed by atoms with Gasteiger partial charge in [-0.15, -0.1) is 11.8 Å². The molecule has 3 N–H and O–H groups in total. The molecule has 2 rings (SSSR count). The van der Waals surface area contributed by atoms with Crippen LogP contribution in [0.3, 0.4) is 0 Å². The largest absolute Gasteiger partial charge is 0.475 e. The number of furan rings is 1. The fraction of sp³-hybridized carbons (Fsp3) is 0.0833. The van der Waals surface area contributed by atoms with Gasteiger partial charge < -0.3 is 15.3 Å². The van der Waals surface area contributed by atoms with Crippen molar-refractivity contribution in [3.8, 4) is 0 Å². The number of hydrogen-bond donors (Lipinski definition) is 2. The Labute approximate surface area is 107 Å². The summed E-state index contributed by atoms with van der Waals surface area (Å²) in [5, 5.41) is 8.86. The normalized spacial score (nSPS) is 10.5. The van der Waals surface area contributed by atoms with Crippen LogP contribution in [0.15, 0.2) is 39.8 Å². The lowest BCUT2D eigenvalue weighted by Gasteiger charge is -2.02. The van der Waals surface area contributed by atoms with Crippen LogP contribution >= 0.6 is 11.8 Å². The molecule has 18 heavy (non-hydrogen) atoms. The molecule has 0 fully saturated rings. The third-order valence-corrected chi connectivity index (χ3v) is 3.25. The van der Waals surface area contributed by atoms with Gasteiger partial charge in [0.2, 0.25) is 5.76 Å². The Kier molecular flexibility index (Phi) is 3.57. The van der Waals surface area contributed by atoms with Gasteiger partial charge in [0.15, 0.2) is 0 Å². The van der Waals surface area contributed by atoms with E-state index in [1.807, 2.05) is 0 Å². The van der Waals surface area contributed by atoms with Crippen molar-refractivity contribution in [1.29, 1.82) is 0 Å². The van der Waals surface area contributed by atoms with E-state index >= 15 is 0 Å². The van der Waals surface area contributed by atoms with Crippen LogP contribution < -0.4 is 5.73 Å². The number of nitrogens with two attached hydrogens (primary N) is 1. The first-order valence-corrected chi connectivity index (χ1v) is 6.03. The van der Waals surface area contributed by atoms with E-state index in [1.54, 1.807) is 12.1 Å². The van der Waals surface area contributed by atoms with Gasteiger partial charge >= 0.3 is 5.97 Å². The van der Waals surface area contributed by atoms with Gasteiger partial charge in [0.1, 0.15) is 5.82 Å². The molecule has 0 bridgehead atoms. The molecule has 0 amide bonds. The third-order valence-electron chi connectivity index (χ3n) is 2.23. The lowest BCUT2D eigenvalue weighted by atomic mass is 10.3. The standard InChI is InChI=1S/C12H10FNO3S/c13-8-3-9(14)5-10(4-8)18-6-7-1-2-17-11(7)12(15)16/h1-5H,6,14H2,(H,15,16). The van der Waals surface area contributed by atoms with Crippen molar-refractivity contribution in [2.24, 2.45) is 0 Å². The number of carbonyl (C=O) groups is 1. The third kappa shape index (κ3) is 2.84. The first-order chi connectivity index (χ1) is 8.56. The predicted octanol–water partition coefficient (Wildman–Crippen LogP) is 2.99. The number of nitrogen functional groups attached to an aromatic ring is 1. The summed E-state index contributed by atoms with van der Waals surface area (Å²) in [6.45, 7) is 0. The van der Waals surface area contributed by atoms with E-state index in [0.29, 0.717) is 21.9 Å². The fourth-order valence-corrected chi connectivity index (χ4v) is 2.43. The zero-order valence-electron chi connectivity index (χ0n) is 9.22. The molecule has 0 spiro atoms. The summed E-state index contributed by atoms with van der Waals surface area (Å²) < 4.78 is 17.9. The fourth-order valence-electron chi connectivity index (χ4n) is 1.47. The van der Waals surface area contributed by atoms with Crippen molar-refractivity contribution in [2.45, 2.75) is 10.6 Å². The Morgan fingerprint density at radius 2 is 2.22 bits per heavy atom. The molecule has 0 saturated carbocycles. The quantitative estimate of drug-likeness (QED) is 0.657. The molecule has 94 valence electrons. The molecular weight excluding hydrogens is 257 g/mol. The topological polar surface area (TPSA) is 76.5 Å². The molecule has 6 heteroatoms. The van der Waals surface area contributed by atoms with Crippen molar-refractivity contribution in [2.75, 3.05) is 5.73 Å². The van der Waals surface area contributed by atoms with Gasteiger partial charge in [0.05, 0.1) is 6.26 Å². The van der Waals surface area contributed by atoms with Crippen LogP contribution in [0.1, 0.15) is 16.1 Å². The first kappa shape index (κ1) is 12.5. The van der Waals surface area contributed by atoms with Gasteiger partial charge in [0, 0.05) is 21.9 Å². The van der Waals surface area contributed by atoms with Gasteiger partial charge in [0.25, 0.3) is 0 Å². The Hall–Kier alpha value is -1.95. The van der Waals surface area contributed by atoms with Crippen LogP contribution in [-0.4, -0.2) is 11.1 Å². The summed E-state index contributed by atoms with van der Waals surface area (Å²) in [5.74, 6) is -1.24. The molecule has 2 aromatic rings. The SMILES string of the molecule is Nc1cc(F)cc(SCc2ccoc2C(=O)O)c1. The molecule has 0 aliphatic heterocycles. The molecule has 1 heterocycles. The van der Waals surface area contributed by atoms with E-state index in [4.69, 9.17) is 15.3 Å². The molecule has 0 radical (unpaired) electrons. The number of thioether (sulfide) groups is 1. The van der Waals surface area contributed by atoms with E-state index in [-0.39, 0.29) is 5.76 Å². The number of carboxylic acids is 1. The Bertz CT molecular complexity index is 562. The predicted molar refractivity (Wildman–Crippen MR) is 66.0 cm³/mol. The molecule has 0 aliphatic carbocycles. The maximum Gasteiger partial charge on any atom is 0.372 e. The lowest BCUT2D eigenvalue weighted by molar-refractivity contribution is 0.0661. The number of benzene rings is 1. The van der Waals surface area contributed by atoms with E-state index in [9.17, 15) is 9.18 Å². The number of rotatable bonds is 4. The maximum atomic E-state index is 13.1. The maximum absolute atomic E-state index is 13.1. The van der Waals surface area contributed by atoms with E-state index in [2.05, 4.69) is 0 Å². The molecule has 1 aromatic carbocycles. The highest BCUT2D eigenvalue weighted by Crippen LogP contribution is 2.27. The van der Waals surface area contributed by atoms with Gasteiger partial charge in [-0.1, -0.05) is 0 Å². The van der Waals surface area contributed by atoms with E-state index < -0.39 is 11.8 Å². The molecule has 0 atom stereocenters. The molecule has 4 nitrogen and oxygen atoms in total. The summed E-state index contributed by atoms with van der Waals surface area (Å²) in [6, 6.07) is 5.79. The van der Waals surface area contributed by atoms with E-state index in [1.165, 1.54) is 30.2 Å². The zero-order chi connectivity index (χ0) is 13.1. The number of hydrogen-bond acceptors (Lipinski definition) is 4. The molecular formula is C12H10FNO3S. The van der Waals surface area contributed by atoms with Crippen molar-refractivity contribution in [3.05, 3.63) is 47.7 Å². The zero-order valence-corrected chi connectivity index (χ0v) is 10.0. The number of carboxylic acid groups (broad SMARTS) is 1. The minimum absolute atomic E-state index is 0.0909. The molecule has 0 aliphatic rings. The van der Waals surface area contributed by atoms with Gasteiger partial charge in [-0.2, -0.15) is 0 Å². The monoisotopic (exact) mass is 267 g/mol. The lowest BCUT2D eigenvalue weighted by Crippen LogP contribution is -1.97. The summed E-state index contributed by atoms with van der Waals surface area (Å²) in [7, 11) is 0. The van der Waals surface area contributed by atoms with Crippen LogP contribution in [0.5, 0.6) is 0 Å². The Morgan fingerprint density at radius 3 is 2.89 bits per heavy atom. The molecule has 1 aromatic heterocycles. The second-order valence-electron chi connectivity index (χ2n) is 3.59. The van der Waals surface area contributed by atoms with Crippen molar-refractivity contribution in [1.82, 2.24) is 0 Å². The van der Waals surface area contributed by atoms with Crippen LogP contribution in [0.25, 0.3) is 0 Å². The summed E-state index contributed by atoms with van der Waals surface area (Å²) in [4.78, 5) is 11.5. The summed E-state index contributed by atoms with van der Waals surface area (Å²) in [5.41, 5.74) is 6.41. The second kappa shape index (κ2) is 5.14. The number of halogens is 1. The number of aromatic carboxylic acids is 1. The highest BCUT2D eigenvalue weighted by atomic mass is 32.2. The minimum Gasteiger partial charge on any atom is -0.475 e. The second-order valence-corrected chi connectivity index (χ2v) is 4.64. The van der Waals surface area contributed by atoms with Crippen LogP contribution in [-0.2, 0) is 5.75 Å². The van der Waals surface area contributed by atoms with Crippen molar-refractivity contribution in [3.63, 3.8) is 0 Å². The smallest absolute Gasteiger partial charge is 0.372 e. The minimum atomic E-state index is -1.12. The van der Waals surface area contributed by atoms with E-state index in [0.717, 1.165) is 0 Å². The average molecular weight is 267 g/mol. The van der Waals surface area contributed by atoms with Crippen LogP contribution in [0, 0.1) is 5.82 Å². The van der Waals surface area contributed by atoms with Crippen molar-refractivity contribution < 1.29 is 18.7 Å². The van der Waals surface area contributed by atoms with Gasteiger partial charge in [-0.05, 0) is 24.3 Å². The Morgan fingerprint density at radius 1 is 1.44 bits per heavy atom. The molecule has 0 unspecified atom stereocenters. The number of anilines is 1. The average Bonchev–Trinajstić information content (AvgIpc) is 2.73. The van der Waals surface area contributed by atoms with Gasteiger partial charge in [-0.25, -0.2) is 9.18 Å². The Balaban J connectivity index is 2.11. The molecule has 0 saturated heterocycles. The first-order valence-electron chi connectivity index (χ1n) is 5.05. The highest BCUT2D eigenvalue weighted by Gasteiger charge is 2.14. The van der Waals surface area contributed by atoms with Gasteiger partial charge in [-0.3, -0.25) is 0 Å². The highest BCUT2D eigenvalue weighted by molar-refractivity contribution is 7.98.